The van der Waals surface area contributed by atoms with Crippen LogP contribution in [0.5, 0.6) is 0 Å². The minimum atomic E-state index is 0. The van der Waals surface area contributed by atoms with Crippen LogP contribution in [-0.4, -0.2) is 61.3 Å². The Kier molecular flexibility index (Phi) is 14.3. The highest BCUT2D eigenvalue weighted by atomic mass is 127. The summed E-state index contributed by atoms with van der Waals surface area (Å²) in [5, 5.41) is 0. The molecule has 0 N–H and O–H groups in total. The number of likely N-dealkylation sites (tertiary alicyclic amines) is 2. The van der Waals surface area contributed by atoms with Crippen molar-refractivity contribution in [3.63, 3.8) is 0 Å². The topological polar surface area (TPSA) is 0 Å². The first-order chi connectivity index (χ1) is 14.8. The molecule has 0 amide bonds. The molecular weight excluding hydrogens is 618 g/mol. The van der Waals surface area contributed by atoms with Crippen molar-refractivity contribution in [1.29, 1.82) is 0 Å². The molecule has 0 aromatic carbocycles. The molecule has 0 spiro atoms. The van der Waals surface area contributed by atoms with Crippen molar-refractivity contribution in [2.24, 2.45) is 11.8 Å². The number of halogens is 2. The third-order valence-corrected chi connectivity index (χ3v) is 9.79. The summed E-state index contributed by atoms with van der Waals surface area (Å²) in [4.78, 5) is 0. The fourth-order valence-corrected chi connectivity index (χ4v) is 8.09. The molecule has 0 aromatic rings. The number of rotatable bonds is 9. The van der Waals surface area contributed by atoms with Crippen LogP contribution in [0.15, 0.2) is 0 Å². The van der Waals surface area contributed by atoms with Gasteiger partial charge in [-0.1, -0.05) is 38.5 Å². The third kappa shape index (κ3) is 9.11. The van der Waals surface area contributed by atoms with Crippen LogP contribution in [0.4, 0.5) is 0 Å². The van der Waals surface area contributed by atoms with Gasteiger partial charge in [0.05, 0.1) is 52.4 Å². The largest absolute Gasteiger partial charge is 1.00 e. The molecule has 2 heterocycles. The second-order valence-corrected chi connectivity index (χ2v) is 12.2. The van der Waals surface area contributed by atoms with Gasteiger partial charge in [0.15, 0.2) is 0 Å². The van der Waals surface area contributed by atoms with Crippen molar-refractivity contribution in [3.8, 4) is 0 Å². The minimum absolute atomic E-state index is 0. The van der Waals surface area contributed by atoms with E-state index in [9.17, 15) is 0 Å². The van der Waals surface area contributed by atoms with E-state index in [1.54, 1.807) is 38.8 Å². The van der Waals surface area contributed by atoms with E-state index in [2.05, 4.69) is 0 Å². The van der Waals surface area contributed by atoms with Crippen LogP contribution in [0.3, 0.4) is 0 Å². The first kappa shape index (κ1) is 29.6. The maximum atomic E-state index is 1.54. The molecule has 2 aliphatic heterocycles. The minimum Gasteiger partial charge on any atom is -1.00 e. The summed E-state index contributed by atoms with van der Waals surface area (Å²) in [6.07, 6.45) is 27.3. The van der Waals surface area contributed by atoms with Crippen LogP contribution < -0.4 is 48.0 Å². The number of hydrogen-bond donors (Lipinski definition) is 0. The summed E-state index contributed by atoms with van der Waals surface area (Å²) in [6.45, 7) is 12.2. The highest BCUT2D eigenvalue weighted by Gasteiger charge is 2.35. The van der Waals surface area contributed by atoms with E-state index in [0.717, 1.165) is 11.8 Å². The van der Waals surface area contributed by atoms with E-state index >= 15 is 0 Å². The highest BCUT2D eigenvalue weighted by Crippen LogP contribution is 2.32. The Bertz CT molecular complexity index is 430. The molecule has 4 heteroatoms. The Morgan fingerprint density at radius 1 is 0.406 bits per heavy atom. The first-order valence-electron chi connectivity index (χ1n) is 14.5. The molecule has 2 aliphatic carbocycles. The van der Waals surface area contributed by atoms with Crippen molar-refractivity contribution in [1.82, 2.24) is 0 Å². The summed E-state index contributed by atoms with van der Waals surface area (Å²) in [6, 6.07) is 0. The standard InChI is InChI=1S/C28H54N2.2HI/c1-5-15-27(16-6-1)25-29(19-9-3-10-20-29)23-13-14-24-30(21-11-4-12-22-30)26-28-17-7-2-8-18-28;;/h27-28H,1-26H2;2*1H/q+2;;/p-2. The third-order valence-electron chi connectivity index (χ3n) is 9.79. The zero-order valence-electron chi connectivity index (χ0n) is 21.2. The molecular formula is C28H54I2N2. The van der Waals surface area contributed by atoms with Crippen molar-refractivity contribution >= 4 is 0 Å². The van der Waals surface area contributed by atoms with Crippen LogP contribution in [0.1, 0.15) is 116 Å². The Hall–Kier alpha value is 1.38. The van der Waals surface area contributed by atoms with Crippen molar-refractivity contribution < 1.29 is 56.9 Å². The fourth-order valence-electron chi connectivity index (χ4n) is 8.09. The number of quaternary nitrogens is 2. The zero-order valence-corrected chi connectivity index (χ0v) is 25.5. The van der Waals surface area contributed by atoms with Crippen LogP contribution in [0, 0.1) is 11.8 Å². The fraction of sp³-hybridized carbons (Fsp3) is 1.00. The average Bonchev–Trinajstić information content (AvgIpc) is 2.80. The molecule has 190 valence electrons. The predicted molar refractivity (Wildman–Crippen MR) is 130 cm³/mol. The van der Waals surface area contributed by atoms with Gasteiger partial charge in [-0.25, -0.2) is 0 Å². The van der Waals surface area contributed by atoms with Crippen molar-refractivity contribution in [2.75, 3.05) is 52.4 Å². The summed E-state index contributed by atoms with van der Waals surface area (Å²) < 4.78 is 3.04. The van der Waals surface area contributed by atoms with Gasteiger partial charge in [0.1, 0.15) is 0 Å². The molecule has 2 saturated heterocycles. The van der Waals surface area contributed by atoms with E-state index in [4.69, 9.17) is 0 Å². The number of nitrogens with zero attached hydrogens (tertiary/aromatic N) is 2. The molecule has 4 rings (SSSR count). The highest BCUT2D eigenvalue weighted by molar-refractivity contribution is 4.69. The number of unbranched alkanes of at least 4 members (excludes halogenated alkanes) is 1. The molecule has 4 aliphatic rings. The Morgan fingerprint density at radius 3 is 1.06 bits per heavy atom. The van der Waals surface area contributed by atoms with E-state index in [1.165, 1.54) is 138 Å². The maximum absolute atomic E-state index is 1.54. The summed E-state index contributed by atoms with van der Waals surface area (Å²) >= 11 is 0. The smallest absolute Gasteiger partial charge is 0.0815 e. The zero-order chi connectivity index (χ0) is 20.5. The molecule has 32 heavy (non-hydrogen) atoms. The Labute approximate surface area is 235 Å². The summed E-state index contributed by atoms with van der Waals surface area (Å²) in [5.74, 6) is 2.12. The predicted octanol–water partition coefficient (Wildman–Crippen LogP) is 0.937. The summed E-state index contributed by atoms with van der Waals surface area (Å²) in [7, 11) is 0. The van der Waals surface area contributed by atoms with Gasteiger partial charge in [0.2, 0.25) is 0 Å². The Morgan fingerprint density at radius 2 is 0.719 bits per heavy atom. The lowest BCUT2D eigenvalue weighted by Crippen LogP contribution is -3.00. The van der Waals surface area contributed by atoms with Gasteiger partial charge in [-0.05, 0) is 64.2 Å². The lowest BCUT2D eigenvalue weighted by molar-refractivity contribution is -0.941. The second-order valence-electron chi connectivity index (χ2n) is 12.2. The SMILES string of the molecule is C1CCC(C[N+]2(CCCC[N+]3(CC4CCCCC4)CCCCC3)CCCCC2)CC1.[I-].[I-]. The monoisotopic (exact) mass is 672 g/mol. The van der Waals surface area contributed by atoms with Crippen LogP contribution in [-0.2, 0) is 0 Å². The van der Waals surface area contributed by atoms with E-state index in [0.29, 0.717) is 0 Å². The molecule has 0 atom stereocenters. The van der Waals surface area contributed by atoms with E-state index in [-0.39, 0.29) is 48.0 Å². The molecule has 4 fully saturated rings. The van der Waals surface area contributed by atoms with Crippen LogP contribution in [0.2, 0.25) is 0 Å². The quantitative estimate of drug-likeness (QED) is 0.195. The second kappa shape index (κ2) is 15.5. The van der Waals surface area contributed by atoms with Gasteiger partial charge in [-0.3, -0.25) is 0 Å². The molecule has 0 radical (unpaired) electrons. The molecule has 0 aromatic heterocycles. The Balaban J connectivity index is 0.00000181. The lowest BCUT2D eigenvalue weighted by atomic mass is 9.87. The van der Waals surface area contributed by atoms with Crippen LogP contribution in [0.25, 0.3) is 0 Å². The molecule has 2 saturated carbocycles. The lowest BCUT2D eigenvalue weighted by Gasteiger charge is -2.46. The van der Waals surface area contributed by atoms with Crippen molar-refractivity contribution in [3.05, 3.63) is 0 Å². The molecule has 2 nitrogen and oxygen atoms in total. The van der Waals surface area contributed by atoms with Crippen molar-refractivity contribution in [2.45, 2.75) is 116 Å². The van der Waals surface area contributed by atoms with Gasteiger partial charge in [-0.15, -0.1) is 0 Å². The molecule has 0 bridgehead atoms. The van der Waals surface area contributed by atoms with E-state index in [1.807, 2.05) is 0 Å². The van der Waals surface area contributed by atoms with Gasteiger partial charge in [0.25, 0.3) is 0 Å². The van der Waals surface area contributed by atoms with Gasteiger partial charge in [0, 0.05) is 24.7 Å². The van der Waals surface area contributed by atoms with Gasteiger partial charge < -0.3 is 56.9 Å². The van der Waals surface area contributed by atoms with Crippen LogP contribution >= 0.6 is 0 Å². The number of hydrogen-bond acceptors (Lipinski definition) is 0. The van der Waals surface area contributed by atoms with Gasteiger partial charge >= 0.3 is 0 Å². The average molecular weight is 673 g/mol. The maximum Gasteiger partial charge on any atom is 0.0815 e. The summed E-state index contributed by atoms with van der Waals surface area (Å²) in [5.41, 5.74) is 0. The van der Waals surface area contributed by atoms with E-state index < -0.39 is 0 Å². The van der Waals surface area contributed by atoms with Gasteiger partial charge in [-0.2, -0.15) is 0 Å². The normalized spacial score (nSPS) is 26.6. The first-order valence-corrected chi connectivity index (χ1v) is 14.5. The molecule has 0 unspecified atom stereocenters. The number of piperidine rings is 2.